The van der Waals surface area contributed by atoms with Gasteiger partial charge in [0.2, 0.25) is 5.75 Å². The molecule has 108 valence electrons. The van der Waals surface area contributed by atoms with Crippen LogP contribution in [0.1, 0.15) is 15.9 Å². The minimum atomic E-state index is -1.16. The lowest BCUT2D eigenvalue weighted by Gasteiger charge is -2.08. The quantitative estimate of drug-likeness (QED) is 0.680. The fraction of sp³-hybridized carbons (Fsp3) is 0.0714. The lowest BCUT2D eigenvalue weighted by atomic mass is 10.2. The highest BCUT2D eigenvalue weighted by Gasteiger charge is 2.19. The lowest BCUT2D eigenvalue weighted by molar-refractivity contribution is -0.386. The van der Waals surface area contributed by atoms with E-state index in [-0.39, 0.29) is 27.8 Å². The maximum Gasteiger partial charge on any atom is 0.337 e. The standard InChI is InChI=1S/C14H10ClNO5/c1-8-3-2-4-12(13(8)16(19)20)21-9-5-6-10(14(17)18)11(15)7-9/h2-7H,1H3,(H,17,18). The van der Waals surface area contributed by atoms with Gasteiger partial charge in [0.25, 0.3) is 0 Å². The summed E-state index contributed by atoms with van der Waals surface area (Å²) in [6.07, 6.45) is 0. The molecule has 0 spiro atoms. The van der Waals surface area contributed by atoms with Crippen molar-refractivity contribution in [3.8, 4) is 11.5 Å². The topological polar surface area (TPSA) is 89.7 Å². The van der Waals surface area contributed by atoms with Crippen molar-refractivity contribution in [1.82, 2.24) is 0 Å². The predicted molar refractivity (Wildman–Crippen MR) is 76.3 cm³/mol. The highest BCUT2D eigenvalue weighted by atomic mass is 35.5. The number of carbonyl (C=O) groups is 1. The number of rotatable bonds is 4. The van der Waals surface area contributed by atoms with E-state index in [2.05, 4.69) is 0 Å². The summed E-state index contributed by atoms with van der Waals surface area (Å²) in [7, 11) is 0. The van der Waals surface area contributed by atoms with Gasteiger partial charge in [-0.3, -0.25) is 10.1 Å². The van der Waals surface area contributed by atoms with Gasteiger partial charge in [0.15, 0.2) is 0 Å². The first-order valence-corrected chi connectivity index (χ1v) is 6.22. The van der Waals surface area contributed by atoms with Crippen molar-refractivity contribution < 1.29 is 19.6 Å². The number of halogens is 1. The molecule has 7 heteroatoms. The maximum atomic E-state index is 11.1. The molecule has 0 atom stereocenters. The first-order chi connectivity index (χ1) is 9.90. The summed E-state index contributed by atoms with van der Waals surface area (Å²) in [6.45, 7) is 1.60. The number of hydrogen-bond acceptors (Lipinski definition) is 4. The van der Waals surface area contributed by atoms with Crippen molar-refractivity contribution >= 4 is 23.3 Å². The molecule has 2 aromatic carbocycles. The van der Waals surface area contributed by atoms with E-state index < -0.39 is 10.9 Å². The number of para-hydroxylation sites is 1. The van der Waals surface area contributed by atoms with Crippen LogP contribution in [0.25, 0.3) is 0 Å². The van der Waals surface area contributed by atoms with Crippen LogP contribution < -0.4 is 4.74 Å². The smallest absolute Gasteiger partial charge is 0.337 e. The van der Waals surface area contributed by atoms with Gasteiger partial charge in [-0.2, -0.15) is 0 Å². The Labute approximate surface area is 124 Å². The largest absolute Gasteiger partial charge is 0.478 e. The van der Waals surface area contributed by atoms with Crippen LogP contribution in [0, 0.1) is 17.0 Å². The van der Waals surface area contributed by atoms with Crippen LogP contribution >= 0.6 is 11.6 Å². The van der Waals surface area contributed by atoms with E-state index in [9.17, 15) is 14.9 Å². The normalized spacial score (nSPS) is 10.2. The van der Waals surface area contributed by atoms with Gasteiger partial charge < -0.3 is 9.84 Å². The zero-order chi connectivity index (χ0) is 15.6. The predicted octanol–water partition coefficient (Wildman–Crippen LogP) is 4.05. The first kappa shape index (κ1) is 14.8. The van der Waals surface area contributed by atoms with Gasteiger partial charge >= 0.3 is 11.7 Å². The summed E-state index contributed by atoms with van der Waals surface area (Å²) in [5.41, 5.74) is 0.254. The number of aryl methyl sites for hydroxylation is 1. The number of nitrogens with zero attached hydrogens (tertiary/aromatic N) is 1. The molecule has 0 bridgehead atoms. The summed E-state index contributed by atoms with van der Waals surface area (Å²) in [6, 6.07) is 8.67. The first-order valence-electron chi connectivity index (χ1n) is 5.85. The van der Waals surface area contributed by atoms with E-state index in [0.717, 1.165) is 0 Å². The van der Waals surface area contributed by atoms with Crippen molar-refractivity contribution in [3.05, 3.63) is 62.7 Å². The molecule has 2 aromatic rings. The molecule has 0 heterocycles. The number of carboxylic acid groups (broad SMARTS) is 1. The monoisotopic (exact) mass is 307 g/mol. The Morgan fingerprint density at radius 3 is 2.62 bits per heavy atom. The second kappa shape index (κ2) is 5.80. The Bertz CT molecular complexity index is 729. The third kappa shape index (κ3) is 3.11. The van der Waals surface area contributed by atoms with Gasteiger partial charge in [0.05, 0.1) is 15.5 Å². The van der Waals surface area contributed by atoms with E-state index in [0.29, 0.717) is 5.56 Å². The van der Waals surface area contributed by atoms with E-state index in [1.54, 1.807) is 19.1 Å². The average molecular weight is 308 g/mol. The van der Waals surface area contributed by atoms with Crippen LogP contribution in [-0.4, -0.2) is 16.0 Å². The number of aromatic carboxylic acids is 1. The maximum absolute atomic E-state index is 11.1. The summed E-state index contributed by atoms with van der Waals surface area (Å²) in [4.78, 5) is 21.4. The molecule has 0 aromatic heterocycles. The number of carboxylic acids is 1. The van der Waals surface area contributed by atoms with Gasteiger partial charge in [0.1, 0.15) is 5.75 Å². The highest BCUT2D eigenvalue weighted by molar-refractivity contribution is 6.33. The minimum absolute atomic E-state index is 0.00435. The molecule has 1 N–H and O–H groups in total. The molecule has 0 unspecified atom stereocenters. The van der Waals surface area contributed by atoms with Crippen molar-refractivity contribution in [2.75, 3.05) is 0 Å². The molecule has 0 aliphatic carbocycles. The number of ether oxygens (including phenoxy) is 1. The third-order valence-corrected chi connectivity index (χ3v) is 3.09. The van der Waals surface area contributed by atoms with Gasteiger partial charge in [-0.05, 0) is 25.1 Å². The third-order valence-electron chi connectivity index (χ3n) is 2.78. The van der Waals surface area contributed by atoms with Crippen molar-refractivity contribution in [2.45, 2.75) is 6.92 Å². The Morgan fingerprint density at radius 2 is 2.05 bits per heavy atom. The van der Waals surface area contributed by atoms with Crippen molar-refractivity contribution in [2.24, 2.45) is 0 Å². The summed E-state index contributed by atoms with van der Waals surface area (Å²) < 4.78 is 5.45. The Kier molecular flexibility index (Phi) is 4.09. The Hall–Kier alpha value is -2.60. The molecule has 0 saturated heterocycles. The molecule has 0 fully saturated rings. The van der Waals surface area contributed by atoms with Gasteiger partial charge in [-0.25, -0.2) is 4.79 Å². The van der Waals surface area contributed by atoms with Crippen LogP contribution in [0.2, 0.25) is 5.02 Å². The molecule has 0 amide bonds. The number of hydrogen-bond donors (Lipinski definition) is 1. The minimum Gasteiger partial charge on any atom is -0.478 e. The zero-order valence-electron chi connectivity index (χ0n) is 10.9. The second-order valence-electron chi connectivity index (χ2n) is 4.23. The SMILES string of the molecule is Cc1cccc(Oc2ccc(C(=O)O)c(Cl)c2)c1[N+](=O)[O-]. The molecular weight excluding hydrogens is 298 g/mol. The fourth-order valence-electron chi connectivity index (χ4n) is 1.81. The van der Waals surface area contributed by atoms with Crippen LogP contribution in [0.5, 0.6) is 11.5 Å². The molecule has 0 saturated carbocycles. The molecule has 6 nitrogen and oxygen atoms in total. The summed E-state index contributed by atoms with van der Waals surface area (Å²) >= 11 is 5.83. The summed E-state index contributed by atoms with van der Waals surface area (Å²) in [5, 5.41) is 19.9. The number of nitro groups is 1. The molecular formula is C14H10ClNO5. The highest BCUT2D eigenvalue weighted by Crippen LogP contribution is 2.35. The van der Waals surface area contributed by atoms with Crippen LogP contribution in [0.3, 0.4) is 0 Å². The van der Waals surface area contributed by atoms with E-state index in [4.69, 9.17) is 21.4 Å². The molecule has 2 rings (SSSR count). The van der Waals surface area contributed by atoms with E-state index in [1.807, 2.05) is 0 Å². The second-order valence-corrected chi connectivity index (χ2v) is 4.63. The Balaban J connectivity index is 2.39. The fourth-order valence-corrected chi connectivity index (χ4v) is 2.06. The Morgan fingerprint density at radius 1 is 1.33 bits per heavy atom. The molecule has 0 aliphatic rings. The van der Waals surface area contributed by atoms with Crippen molar-refractivity contribution in [3.63, 3.8) is 0 Å². The number of nitro benzene ring substituents is 1. The van der Waals surface area contributed by atoms with Crippen LogP contribution in [0.15, 0.2) is 36.4 Å². The van der Waals surface area contributed by atoms with Gasteiger partial charge in [0, 0.05) is 11.6 Å². The van der Waals surface area contributed by atoms with Crippen LogP contribution in [-0.2, 0) is 0 Å². The molecule has 0 aliphatic heterocycles. The van der Waals surface area contributed by atoms with Gasteiger partial charge in [-0.15, -0.1) is 0 Å². The van der Waals surface area contributed by atoms with Crippen molar-refractivity contribution in [1.29, 1.82) is 0 Å². The van der Waals surface area contributed by atoms with E-state index >= 15 is 0 Å². The molecule has 21 heavy (non-hydrogen) atoms. The molecule has 0 radical (unpaired) electrons. The van der Waals surface area contributed by atoms with Crippen LogP contribution in [0.4, 0.5) is 5.69 Å². The lowest BCUT2D eigenvalue weighted by Crippen LogP contribution is -1.98. The van der Waals surface area contributed by atoms with E-state index in [1.165, 1.54) is 24.3 Å². The number of benzene rings is 2. The summed E-state index contributed by atoms with van der Waals surface area (Å²) in [5.74, 6) is -0.870. The zero-order valence-corrected chi connectivity index (χ0v) is 11.6. The van der Waals surface area contributed by atoms with Gasteiger partial charge in [-0.1, -0.05) is 23.7 Å². The average Bonchev–Trinajstić information content (AvgIpc) is 2.37.